The quantitative estimate of drug-likeness (QED) is 0.819. The molecule has 2 aliphatic rings. The van der Waals surface area contributed by atoms with Gasteiger partial charge in [-0.2, -0.15) is 0 Å². The third-order valence-electron chi connectivity index (χ3n) is 6.18. The molecule has 2 aliphatic heterocycles. The fourth-order valence-corrected chi connectivity index (χ4v) is 4.51. The summed E-state index contributed by atoms with van der Waals surface area (Å²) in [5, 5.41) is 0. The van der Waals surface area contributed by atoms with Crippen molar-refractivity contribution < 1.29 is 4.79 Å². The second kappa shape index (κ2) is 8.43. The number of amides is 1. The molecule has 0 unspecified atom stereocenters. The Labute approximate surface area is 166 Å². The highest BCUT2D eigenvalue weighted by molar-refractivity contribution is 5.79. The predicted molar refractivity (Wildman–Crippen MR) is 109 cm³/mol. The lowest BCUT2D eigenvalue weighted by Gasteiger charge is -2.33. The van der Waals surface area contributed by atoms with Crippen LogP contribution in [0.25, 0.3) is 5.65 Å². The lowest BCUT2D eigenvalue weighted by Crippen LogP contribution is -2.42. The zero-order valence-electron chi connectivity index (χ0n) is 16.8. The molecule has 2 aromatic rings. The highest BCUT2D eigenvalue weighted by atomic mass is 16.2. The van der Waals surface area contributed by atoms with Crippen LogP contribution in [0.1, 0.15) is 49.8 Å². The van der Waals surface area contributed by atoms with E-state index >= 15 is 0 Å². The number of hydrogen-bond donors (Lipinski definition) is 0. The normalized spacial score (nSPS) is 19.7. The molecule has 4 rings (SSSR count). The Balaban J connectivity index is 1.38. The van der Waals surface area contributed by atoms with Crippen LogP contribution in [-0.2, 0) is 11.3 Å². The largest absolute Gasteiger partial charge is 0.342 e. The lowest BCUT2D eigenvalue weighted by atomic mass is 9.95. The highest BCUT2D eigenvalue weighted by Crippen LogP contribution is 2.22. The molecule has 4 heterocycles. The molecular weight excluding hydrogens is 352 g/mol. The van der Waals surface area contributed by atoms with Gasteiger partial charge in [-0.3, -0.25) is 18.9 Å². The molecule has 0 aromatic carbocycles. The van der Waals surface area contributed by atoms with E-state index in [1.54, 1.807) is 16.7 Å². The molecule has 0 bridgehead atoms. The minimum Gasteiger partial charge on any atom is -0.342 e. The SMILES string of the molecule is Cc1cccn2c(=O)cc(CN3CCC(C(=O)N4CCCCCC4)CC3)nc12. The molecule has 150 valence electrons. The van der Waals surface area contributed by atoms with E-state index in [0.29, 0.717) is 12.5 Å². The molecule has 1 amide bonds. The van der Waals surface area contributed by atoms with Crippen LogP contribution in [0.3, 0.4) is 0 Å². The van der Waals surface area contributed by atoms with Crippen LogP contribution in [0.4, 0.5) is 0 Å². The second-order valence-corrected chi connectivity index (χ2v) is 8.26. The van der Waals surface area contributed by atoms with Gasteiger partial charge in [0, 0.05) is 37.8 Å². The van der Waals surface area contributed by atoms with E-state index in [9.17, 15) is 9.59 Å². The first-order valence-electron chi connectivity index (χ1n) is 10.6. The molecule has 2 aromatic heterocycles. The monoisotopic (exact) mass is 382 g/mol. The first kappa shape index (κ1) is 19.1. The Hall–Kier alpha value is -2.21. The molecule has 0 saturated carbocycles. The summed E-state index contributed by atoms with van der Waals surface area (Å²) in [6, 6.07) is 5.49. The van der Waals surface area contributed by atoms with Crippen LogP contribution in [-0.4, -0.2) is 51.3 Å². The topological polar surface area (TPSA) is 57.9 Å². The van der Waals surface area contributed by atoms with Crippen molar-refractivity contribution in [3.05, 3.63) is 46.0 Å². The summed E-state index contributed by atoms with van der Waals surface area (Å²) in [5.41, 5.74) is 2.52. The van der Waals surface area contributed by atoms with E-state index in [0.717, 1.165) is 68.8 Å². The van der Waals surface area contributed by atoms with Crippen molar-refractivity contribution in [2.24, 2.45) is 5.92 Å². The average molecular weight is 383 g/mol. The molecule has 6 heteroatoms. The third-order valence-corrected chi connectivity index (χ3v) is 6.18. The second-order valence-electron chi connectivity index (χ2n) is 8.26. The Morgan fingerprint density at radius 3 is 2.54 bits per heavy atom. The Morgan fingerprint density at radius 2 is 1.82 bits per heavy atom. The zero-order chi connectivity index (χ0) is 19.5. The number of aromatic nitrogens is 2. The van der Waals surface area contributed by atoms with Crippen molar-refractivity contribution in [1.82, 2.24) is 19.2 Å². The van der Waals surface area contributed by atoms with E-state index in [-0.39, 0.29) is 11.5 Å². The average Bonchev–Trinajstić information content (AvgIpc) is 2.98. The summed E-state index contributed by atoms with van der Waals surface area (Å²) in [6.45, 7) is 6.29. The van der Waals surface area contributed by atoms with Crippen LogP contribution in [0.2, 0.25) is 0 Å². The number of nitrogens with zero attached hydrogens (tertiary/aromatic N) is 4. The number of piperidine rings is 1. The van der Waals surface area contributed by atoms with Crippen molar-refractivity contribution in [2.75, 3.05) is 26.2 Å². The molecule has 0 aliphatic carbocycles. The summed E-state index contributed by atoms with van der Waals surface area (Å²) >= 11 is 0. The van der Waals surface area contributed by atoms with Gasteiger partial charge >= 0.3 is 0 Å². The predicted octanol–water partition coefficient (Wildman–Crippen LogP) is 2.62. The fraction of sp³-hybridized carbons (Fsp3) is 0.591. The third kappa shape index (κ3) is 4.12. The van der Waals surface area contributed by atoms with Gasteiger partial charge in [-0.15, -0.1) is 0 Å². The van der Waals surface area contributed by atoms with Gasteiger partial charge in [-0.05, 0) is 57.3 Å². The summed E-state index contributed by atoms with van der Waals surface area (Å²) in [6.07, 6.45) is 8.37. The Morgan fingerprint density at radius 1 is 1.11 bits per heavy atom. The Bertz CT molecular complexity index is 891. The molecule has 0 atom stereocenters. The Kier molecular flexibility index (Phi) is 5.76. The number of aryl methyl sites for hydroxylation is 1. The van der Waals surface area contributed by atoms with E-state index in [1.807, 2.05) is 19.1 Å². The number of pyridine rings is 1. The maximum absolute atomic E-state index is 12.9. The highest BCUT2D eigenvalue weighted by Gasteiger charge is 2.29. The van der Waals surface area contributed by atoms with Gasteiger partial charge in [0.2, 0.25) is 5.91 Å². The van der Waals surface area contributed by atoms with Gasteiger partial charge in [0.1, 0.15) is 5.65 Å². The van der Waals surface area contributed by atoms with Crippen LogP contribution < -0.4 is 5.56 Å². The zero-order valence-corrected chi connectivity index (χ0v) is 16.8. The maximum Gasteiger partial charge on any atom is 0.258 e. The maximum atomic E-state index is 12.9. The minimum absolute atomic E-state index is 0.0325. The van der Waals surface area contributed by atoms with Crippen LogP contribution in [0.15, 0.2) is 29.2 Å². The minimum atomic E-state index is -0.0325. The first-order chi connectivity index (χ1) is 13.6. The summed E-state index contributed by atoms with van der Waals surface area (Å²) < 4.78 is 1.60. The van der Waals surface area contributed by atoms with E-state index in [4.69, 9.17) is 4.98 Å². The van der Waals surface area contributed by atoms with Crippen molar-refractivity contribution in [2.45, 2.75) is 52.0 Å². The van der Waals surface area contributed by atoms with Crippen molar-refractivity contribution in [3.8, 4) is 0 Å². The number of hydrogen-bond acceptors (Lipinski definition) is 4. The van der Waals surface area contributed by atoms with Crippen LogP contribution in [0, 0.1) is 12.8 Å². The fourth-order valence-electron chi connectivity index (χ4n) is 4.51. The van der Waals surface area contributed by atoms with Gasteiger partial charge in [-0.25, -0.2) is 4.98 Å². The summed E-state index contributed by atoms with van der Waals surface area (Å²) in [4.78, 5) is 34.4. The molecular formula is C22H30N4O2. The van der Waals surface area contributed by atoms with Crippen LogP contribution >= 0.6 is 0 Å². The number of rotatable bonds is 3. The molecule has 6 nitrogen and oxygen atoms in total. The number of carbonyl (C=O) groups is 1. The lowest BCUT2D eigenvalue weighted by molar-refractivity contribution is -0.137. The van der Waals surface area contributed by atoms with E-state index < -0.39 is 0 Å². The van der Waals surface area contributed by atoms with E-state index in [1.165, 1.54) is 12.8 Å². The van der Waals surface area contributed by atoms with Gasteiger partial charge in [0.15, 0.2) is 0 Å². The van der Waals surface area contributed by atoms with Gasteiger partial charge in [0.25, 0.3) is 5.56 Å². The van der Waals surface area contributed by atoms with Gasteiger partial charge < -0.3 is 4.90 Å². The smallest absolute Gasteiger partial charge is 0.258 e. The van der Waals surface area contributed by atoms with Gasteiger partial charge in [0.05, 0.1) is 5.69 Å². The van der Waals surface area contributed by atoms with Crippen LogP contribution in [0.5, 0.6) is 0 Å². The molecule has 28 heavy (non-hydrogen) atoms. The number of likely N-dealkylation sites (tertiary alicyclic amines) is 2. The summed E-state index contributed by atoms with van der Waals surface area (Å²) in [7, 11) is 0. The standard InChI is InChI=1S/C22H30N4O2/c1-17-7-6-12-26-20(27)15-19(23-21(17)26)16-24-13-8-18(9-14-24)22(28)25-10-4-2-3-5-11-25/h6-7,12,15,18H,2-5,8-11,13-14,16H2,1H3. The first-order valence-corrected chi connectivity index (χ1v) is 10.6. The van der Waals surface area contributed by atoms with E-state index in [2.05, 4.69) is 9.80 Å². The summed E-state index contributed by atoms with van der Waals surface area (Å²) in [5.74, 6) is 0.519. The molecule has 2 fully saturated rings. The molecule has 0 spiro atoms. The number of fused-ring (bicyclic) bond motifs is 1. The van der Waals surface area contributed by atoms with Crippen molar-refractivity contribution >= 4 is 11.6 Å². The molecule has 2 saturated heterocycles. The molecule has 0 radical (unpaired) electrons. The number of carbonyl (C=O) groups excluding carboxylic acids is 1. The van der Waals surface area contributed by atoms with Crippen molar-refractivity contribution in [3.63, 3.8) is 0 Å². The molecule has 0 N–H and O–H groups in total. The van der Waals surface area contributed by atoms with Gasteiger partial charge in [-0.1, -0.05) is 18.9 Å². The van der Waals surface area contributed by atoms with Crippen molar-refractivity contribution in [1.29, 1.82) is 0 Å².